The number of rotatable bonds is 13. The van der Waals surface area contributed by atoms with Crippen molar-refractivity contribution in [3.63, 3.8) is 0 Å². The largest absolute Gasteiger partial charge is 0.497 e. The molecule has 0 unspecified atom stereocenters. The fourth-order valence-corrected chi connectivity index (χ4v) is 5.49. The molecular weight excluding hydrogens is 496 g/mol. The van der Waals surface area contributed by atoms with Crippen molar-refractivity contribution in [2.45, 2.75) is 57.2 Å². The van der Waals surface area contributed by atoms with Gasteiger partial charge < -0.3 is 19.6 Å². The Hall–Kier alpha value is -3.31. The third kappa shape index (κ3) is 7.36. The predicted octanol–water partition coefficient (Wildman–Crippen LogP) is 4.59. The second-order valence-corrected chi connectivity index (χ2v) is 11.5. The number of aliphatic hydroxyl groups excluding tert-OH is 1. The van der Waals surface area contributed by atoms with Gasteiger partial charge in [0.1, 0.15) is 11.3 Å². The molecule has 1 heterocycles. The highest BCUT2D eigenvalue weighted by atomic mass is 32.2. The van der Waals surface area contributed by atoms with Crippen molar-refractivity contribution >= 4 is 27.1 Å². The van der Waals surface area contributed by atoms with Gasteiger partial charge in [0.15, 0.2) is 5.58 Å². The topological polar surface area (TPSA) is 154 Å². The van der Waals surface area contributed by atoms with Gasteiger partial charge in [0, 0.05) is 30.1 Å². The molecule has 0 saturated carbocycles. The molecule has 2 atom stereocenters. The van der Waals surface area contributed by atoms with E-state index in [-0.39, 0.29) is 36.4 Å². The number of hydrogen-bond acceptors (Lipinski definition) is 8. The Morgan fingerprint density at radius 3 is 2.46 bits per heavy atom. The van der Waals surface area contributed by atoms with Crippen molar-refractivity contribution in [2.75, 3.05) is 25.5 Å². The molecule has 200 valence electrons. The van der Waals surface area contributed by atoms with E-state index in [9.17, 15) is 13.5 Å². The summed E-state index contributed by atoms with van der Waals surface area (Å²) in [6.45, 7) is 7.59. The van der Waals surface area contributed by atoms with Crippen molar-refractivity contribution < 1.29 is 22.7 Å². The number of aromatic nitrogens is 1. The summed E-state index contributed by atoms with van der Waals surface area (Å²) in [5.74, 6) is 0.659. The van der Waals surface area contributed by atoms with Crippen LogP contribution in [0.1, 0.15) is 33.3 Å². The third-order valence-electron chi connectivity index (χ3n) is 5.62. The molecule has 11 nitrogen and oxygen atoms in total. The van der Waals surface area contributed by atoms with E-state index in [2.05, 4.69) is 20.3 Å². The molecule has 0 aliphatic carbocycles. The van der Waals surface area contributed by atoms with Gasteiger partial charge in [0.05, 0.1) is 24.2 Å². The number of hydrogen-bond donors (Lipinski definition) is 2. The summed E-state index contributed by atoms with van der Waals surface area (Å²) in [4.78, 5) is 7.23. The highest BCUT2D eigenvalue weighted by Crippen LogP contribution is 2.26. The smallest absolute Gasteiger partial charge is 0.295 e. The van der Waals surface area contributed by atoms with Crippen molar-refractivity contribution in [2.24, 2.45) is 11.0 Å². The summed E-state index contributed by atoms with van der Waals surface area (Å²) < 4.78 is 39.4. The van der Waals surface area contributed by atoms with E-state index >= 15 is 0 Å². The number of ether oxygens (including phenoxy) is 1. The molecule has 0 saturated heterocycles. The Bertz CT molecular complexity index is 1330. The first-order valence-electron chi connectivity index (χ1n) is 12.1. The van der Waals surface area contributed by atoms with Crippen LogP contribution in [-0.4, -0.2) is 61.2 Å². The molecule has 0 spiro atoms. The lowest BCUT2D eigenvalue weighted by atomic mass is 10.0. The molecule has 3 rings (SSSR count). The van der Waals surface area contributed by atoms with Gasteiger partial charge in [-0.05, 0) is 61.5 Å². The second-order valence-electron chi connectivity index (χ2n) is 9.56. The predicted molar refractivity (Wildman–Crippen MR) is 142 cm³/mol. The van der Waals surface area contributed by atoms with Gasteiger partial charge in [-0.15, -0.1) is 0 Å². The number of oxazole rings is 1. The van der Waals surface area contributed by atoms with Crippen LogP contribution < -0.4 is 10.1 Å². The lowest BCUT2D eigenvalue weighted by Gasteiger charge is -2.28. The fraction of sp³-hybridized carbons (Fsp3) is 0.480. The lowest BCUT2D eigenvalue weighted by molar-refractivity contribution is 0.116. The average Bonchev–Trinajstić information content (AvgIpc) is 3.24. The van der Waals surface area contributed by atoms with Gasteiger partial charge in [-0.25, -0.2) is 8.42 Å². The van der Waals surface area contributed by atoms with E-state index in [1.54, 1.807) is 25.3 Å². The van der Waals surface area contributed by atoms with Crippen LogP contribution in [0.25, 0.3) is 21.5 Å². The summed E-state index contributed by atoms with van der Waals surface area (Å²) in [5, 5.41) is 17.8. The molecule has 3 aromatic rings. The first-order valence-corrected chi connectivity index (χ1v) is 13.5. The highest BCUT2D eigenvalue weighted by Gasteiger charge is 2.31. The molecule has 0 amide bonds. The van der Waals surface area contributed by atoms with Gasteiger partial charge in [0.25, 0.3) is 6.01 Å². The second kappa shape index (κ2) is 12.3. The van der Waals surface area contributed by atoms with Crippen LogP contribution in [-0.2, 0) is 16.4 Å². The Morgan fingerprint density at radius 1 is 1.16 bits per heavy atom. The van der Waals surface area contributed by atoms with Crippen LogP contribution in [0, 0.1) is 5.92 Å². The van der Waals surface area contributed by atoms with Crippen LogP contribution >= 0.6 is 0 Å². The number of aliphatic hydroxyl groups is 1. The van der Waals surface area contributed by atoms with E-state index in [0.717, 1.165) is 5.56 Å². The molecule has 0 radical (unpaired) electrons. The van der Waals surface area contributed by atoms with Crippen LogP contribution in [0.3, 0.4) is 0 Å². The van der Waals surface area contributed by atoms with Gasteiger partial charge in [-0.1, -0.05) is 31.1 Å². The molecule has 0 bridgehead atoms. The standard InChI is InChI=1S/C25H34N6O5S/c1-16(2)14-31(15-23(32)22(29-30-26)12-18-6-8-19(35-5)9-7-18)37(33,34)20-10-11-21-24(13-20)36-25(28-21)27-17(3)4/h6-11,13,16-17,22-23,32H,12,14-15H2,1-5H3,(H,27,28)/t22-,23+/m0/s1. The van der Waals surface area contributed by atoms with E-state index in [1.165, 1.54) is 16.4 Å². The van der Waals surface area contributed by atoms with E-state index in [0.29, 0.717) is 22.9 Å². The molecule has 0 aliphatic rings. The van der Waals surface area contributed by atoms with Gasteiger partial charge >= 0.3 is 0 Å². The highest BCUT2D eigenvalue weighted by molar-refractivity contribution is 7.89. The first kappa shape index (κ1) is 28.3. The first-order chi connectivity index (χ1) is 17.5. The van der Waals surface area contributed by atoms with E-state index in [4.69, 9.17) is 14.7 Å². The molecule has 1 aromatic heterocycles. The molecule has 12 heteroatoms. The number of sulfonamides is 1. The normalized spacial score (nSPS) is 13.6. The zero-order valence-electron chi connectivity index (χ0n) is 21.7. The van der Waals surface area contributed by atoms with Crippen molar-refractivity contribution in [1.29, 1.82) is 0 Å². The van der Waals surface area contributed by atoms with E-state index < -0.39 is 22.2 Å². The quantitative estimate of drug-likeness (QED) is 0.186. The number of nitrogens with zero attached hydrogens (tertiary/aromatic N) is 5. The fourth-order valence-electron chi connectivity index (χ4n) is 3.85. The number of fused-ring (bicyclic) bond motifs is 1. The Balaban J connectivity index is 1.86. The maximum Gasteiger partial charge on any atom is 0.295 e. The molecular formula is C25H34N6O5S. The Labute approximate surface area is 217 Å². The monoisotopic (exact) mass is 530 g/mol. The van der Waals surface area contributed by atoms with Crippen molar-refractivity contribution in [1.82, 2.24) is 9.29 Å². The minimum Gasteiger partial charge on any atom is -0.497 e. The summed E-state index contributed by atoms with van der Waals surface area (Å²) in [5.41, 5.74) is 10.8. The van der Waals surface area contributed by atoms with Crippen LogP contribution in [0.5, 0.6) is 5.75 Å². The summed E-state index contributed by atoms with van der Waals surface area (Å²) in [7, 11) is -2.45. The van der Waals surface area contributed by atoms with Crippen LogP contribution in [0.2, 0.25) is 0 Å². The zero-order chi connectivity index (χ0) is 27.2. The number of benzene rings is 2. The third-order valence-corrected chi connectivity index (χ3v) is 7.44. The maximum atomic E-state index is 13.7. The number of nitrogens with one attached hydrogen (secondary N) is 1. The average molecular weight is 531 g/mol. The van der Waals surface area contributed by atoms with E-state index in [1.807, 2.05) is 39.8 Å². The van der Waals surface area contributed by atoms with Crippen molar-refractivity contribution in [3.8, 4) is 5.75 Å². The molecule has 37 heavy (non-hydrogen) atoms. The maximum absolute atomic E-state index is 13.7. The molecule has 0 fully saturated rings. The number of azide groups is 1. The van der Waals surface area contributed by atoms with Gasteiger partial charge in [-0.3, -0.25) is 0 Å². The van der Waals surface area contributed by atoms with Gasteiger partial charge in [0.2, 0.25) is 10.0 Å². The van der Waals surface area contributed by atoms with Crippen molar-refractivity contribution in [3.05, 3.63) is 58.5 Å². The summed E-state index contributed by atoms with van der Waals surface area (Å²) >= 11 is 0. The van der Waals surface area contributed by atoms with Gasteiger partial charge in [-0.2, -0.15) is 9.29 Å². The molecule has 2 aromatic carbocycles. The number of anilines is 1. The van der Waals surface area contributed by atoms with Crippen LogP contribution in [0.4, 0.5) is 6.01 Å². The summed E-state index contributed by atoms with van der Waals surface area (Å²) in [6.07, 6.45) is -0.997. The van der Waals surface area contributed by atoms with Crippen LogP contribution in [0.15, 0.2) is 56.9 Å². The minimum absolute atomic E-state index is 0.0164. The minimum atomic E-state index is -4.01. The Kier molecular flexibility index (Phi) is 9.39. The SMILES string of the molecule is COc1ccc(C[C@H](N=[N+]=[N-])[C@H](O)CN(CC(C)C)S(=O)(=O)c2ccc3nc(NC(C)C)oc3c2)cc1. The Morgan fingerprint density at radius 2 is 1.86 bits per heavy atom. The molecule has 2 N–H and O–H groups in total. The lowest BCUT2D eigenvalue weighted by Crippen LogP contribution is -2.43. The number of methoxy groups -OCH3 is 1. The summed E-state index contributed by atoms with van der Waals surface area (Å²) in [6, 6.07) is 11.2. The molecule has 0 aliphatic heterocycles. The zero-order valence-corrected chi connectivity index (χ0v) is 22.5.